The third kappa shape index (κ3) is 1.88. The van der Waals surface area contributed by atoms with Crippen molar-refractivity contribution in [1.82, 2.24) is 14.3 Å². The molecule has 114 valence electrons. The van der Waals surface area contributed by atoms with Crippen molar-refractivity contribution >= 4 is 21.6 Å². The van der Waals surface area contributed by atoms with Gasteiger partial charge in [-0.25, -0.2) is 9.66 Å². The molecule has 5 heteroatoms. The molecule has 0 radical (unpaired) electrons. The molecular formula is C17H19N3OS. The summed E-state index contributed by atoms with van der Waals surface area (Å²) in [7, 11) is 0. The molecule has 3 aromatic rings. The summed E-state index contributed by atoms with van der Waals surface area (Å²) in [6.45, 7) is 6.30. The predicted molar refractivity (Wildman–Crippen MR) is 89.8 cm³/mol. The Bertz CT molecular complexity index is 912. The second-order valence-electron chi connectivity index (χ2n) is 6.35. The van der Waals surface area contributed by atoms with Gasteiger partial charge in [0.1, 0.15) is 11.2 Å². The Kier molecular flexibility index (Phi) is 3.01. The maximum Gasteiger partial charge on any atom is 0.281 e. The Hall–Kier alpha value is -1.88. The number of hydrogen-bond acceptors (Lipinski definition) is 3. The topological polar surface area (TPSA) is 39.8 Å². The molecule has 4 nitrogen and oxygen atoms in total. The van der Waals surface area contributed by atoms with E-state index in [1.54, 1.807) is 22.3 Å². The van der Waals surface area contributed by atoms with Crippen LogP contribution in [0.2, 0.25) is 0 Å². The van der Waals surface area contributed by atoms with E-state index in [1.807, 2.05) is 30.7 Å². The van der Waals surface area contributed by atoms with Gasteiger partial charge in [-0.15, -0.1) is 11.3 Å². The summed E-state index contributed by atoms with van der Waals surface area (Å²) in [5.41, 5.74) is 3.38. The Morgan fingerprint density at radius 1 is 1.27 bits per heavy atom. The van der Waals surface area contributed by atoms with E-state index in [1.165, 1.54) is 10.4 Å². The van der Waals surface area contributed by atoms with Crippen molar-refractivity contribution in [2.24, 2.45) is 5.92 Å². The molecule has 3 heterocycles. The summed E-state index contributed by atoms with van der Waals surface area (Å²) in [6, 6.07) is 4.05. The van der Waals surface area contributed by atoms with Crippen LogP contribution in [0.5, 0.6) is 0 Å². The Morgan fingerprint density at radius 2 is 2.00 bits per heavy atom. The number of aromatic nitrogens is 3. The molecule has 0 aromatic carbocycles. The van der Waals surface area contributed by atoms with Gasteiger partial charge in [0.2, 0.25) is 0 Å². The van der Waals surface area contributed by atoms with Crippen molar-refractivity contribution in [3.8, 4) is 0 Å². The Morgan fingerprint density at radius 3 is 2.73 bits per heavy atom. The number of fused-ring (bicyclic) bond motifs is 3. The molecule has 0 fully saturated rings. The van der Waals surface area contributed by atoms with E-state index in [9.17, 15) is 4.79 Å². The number of thiophene rings is 1. The normalized spacial score (nSPS) is 17.9. The first-order valence-corrected chi connectivity index (χ1v) is 8.55. The molecule has 1 aliphatic carbocycles. The molecular weight excluding hydrogens is 294 g/mol. The van der Waals surface area contributed by atoms with E-state index in [4.69, 9.17) is 0 Å². The lowest BCUT2D eigenvalue weighted by Crippen LogP contribution is -2.28. The summed E-state index contributed by atoms with van der Waals surface area (Å²) in [6.07, 6.45) is 4.91. The zero-order valence-electron chi connectivity index (χ0n) is 13.1. The van der Waals surface area contributed by atoms with Crippen LogP contribution in [0.4, 0.5) is 0 Å². The van der Waals surface area contributed by atoms with Crippen LogP contribution in [0, 0.1) is 19.8 Å². The van der Waals surface area contributed by atoms with Crippen LogP contribution in [-0.4, -0.2) is 14.3 Å². The lowest BCUT2D eigenvalue weighted by atomic mass is 9.89. The van der Waals surface area contributed by atoms with Crippen molar-refractivity contribution in [2.75, 3.05) is 0 Å². The van der Waals surface area contributed by atoms with Crippen molar-refractivity contribution < 1.29 is 0 Å². The van der Waals surface area contributed by atoms with Crippen LogP contribution >= 0.6 is 11.3 Å². The quantitative estimate of drug-likeness (QED) is 0.691. The van der Waals surface area contributed by atoms with Gasteiger partial charge < -0.3 is 0 Å². The number of aryl methyl sites for hydroxylation is 3. The number of hydrogen-bond donors (Lipinski definition) is 0. The molecule has 1 aliphatic rings. The molecule has 4 rings (SSSR count). The van der Waals surface area contributed by atoms with Crippen LogP contribution in [0.1, 0.15) is 35.2 Å². The van der Waals surface area contributed by atoms with Crippen LogP contribution in [-0.2, 0) is 12.8 Å². The monoisotopic (exact) mass is 313 g/mol. The molecule has 0 aliphatic heterocycles. The Labute approximate surface area is 133 Å². The van der Waals surface area contributed by atoms with E-state index < -0.39 is 0 Å². The standard InChI is InChI=1S/C17H19N3OS/c1-10-4-7-13-14(8-10)22-16-15(13)17(21)19(9-18-16)20-11(2)5-6-12(20)3/h5-6,9-10H,4,7-8H2,1-3H3/t10-/m1/s1. The Balaban J connectivity index is 2.01. The average molecular weight is 313 g/mol. The summed E-state index contributed by atoms with van der Waals surface area (Å²) in [5, 5.41) is 0.835. The fraction of sp³-hybridized carbons (Fsp3) is 0.412. The smallest absolute Gasteiger partial charge is 0.267 e. The minimum absolute atomic E-state index is 0.0550. The third-order valence-corrected chi connectivity index (χ3v) is 5.81. The minimum Gasteiger partial charge on any atom is -0.267 e. The van der Waals surface area contributed by atoms with E-state index >= 15 is 0 Å². The summed E-state index contributed by atoms with van der Waals surface area (Å²) < 4.78 is 3.59. The highest BCUT2D eigenvalue weighted by molar-refractivity contribution is 7.18. The summed E-state index contributed by atoms with van der Waals surface area (Å²) >= 11 is 1.70. The number of nitrogens with zero attached hydrogens (tertiary/aromatic N) is 3. The van der Waals surface area contributed by atoms with Gasteiger partial charge in [0.15, 0.2) is 0 Å². The molecule has 22 heavy (non-hydrogen) atoms. The van der Waals surface area contributed by atoms with Crippen LogP contribution in [0.15, 0.2) is 23.3 Å². The molecule has 0 amide bonds. The average Bonchev–Trinajstić information content (AvgIpc) is 3.00. The van der Waals surface area contributed by atoms with Gasteiger partial charge in [-0.2, -0.15) is 0 Å². The maximum absolute atomic E-state index is 13.1. The van der Waals surface area contributed by atoms with Crippen molar-refractivity contribution in [1.29, 1.82) is 0 Å². The van der Waals surface area contributed by atoms with E-state index in [0.29, 0.717) is 5.92 Å². The van der Waals surface area contributed by atoms with Crippen LogP contribution < -0.4 is 5.56 Å². The molecule has 0 saturated carbocycles. The zero-order valence-corrected chi connectivity index (χ0v) is 13.9. The zero-order chi connectivity index (χ0) is 15.4. The summed E-state index contributed by atoms with van der Waals surface area (Å²) in [5.74, 6) is 0.705. The second-order valence-corrected chi connectivity index (χ2v) is 7.44. The molecule has 0 bridgehead atoms. The van der Waals surface area contributed by atoms with Gasteiger partial charge >= 0.3 is 0 Å². The second kappa shape index (κ2) is 4.81. The van der Waals surface area contributed by atoms with Gasteiger partial charge in [0, 0.05) is 16.3 Å². The highest BCUT2D eigenvalue weighted by atomic mass is 32.1. The largest absolute Gasteiger partial charge is 0.281 e. The number of rotatable bonds is 1. The van der Waals surface area contributed by atoms with Gasteiger partial charge in [0.05, 0.1) is 5.39 Å². The van der Waals surface area contributed by atoms with Crippen molar-refractivity contribution in [3.63, 3.8) is 0 Å². The van der Waals surface area contributed by atoms with Crippen molar-refractivity contribution in [2.45, 2.75) is 40.0 Å². The fourth-order valence-electron chi connectivity index (χ4n) is 3.46. The maximum atomic E-state index is 13.1. The predicted octanol–water partition coefficient (Wildman–Crippen LogP) is 3.31. The highest BCUT2D eigenvalue weighted by Gasteiger charge is 2.23. The lowest BCUT2D eigenvalue weighted by molar-refractivity contribution is 0.508. The highest BCUT2D eigenvalue weighted by Crippen LogP contribution is 2.35. The SMILES string of the molecule is Cc1ccc(C)n1-n1cnc2sc3c(c2c1=O)CC[C@@H](C)C3. The van der Waals surface area contributed by atoms with Gasteiger partial charge in [-0.1, -0.05) is 6.92 Å². The van der Waals surface area contributed by atoms with E-state index in [-0.39, 0.29) is 5.56 Å². The first kappa shape index (κ1) is 13.8. The van der Waals surface area contributed by atoms with Gasteiger partial charge in [-0.05, 0) is 56.7 Å². The lowest BCUT2D eigenvalue weighted by Gasteiger charge is -2.17. The molecule has 1 atom stereocenters. The van der Waals surface area contributed by atoms with E-state index in [2.05, 4.69) is 11.9 Å². The first-order chi connectivity index (χ1) is 10.6. The van der Waals surface area contributed by atoms with Crippen molar-refractivity contribution in [3.05, 3.63) is 50.6 Å². The molecule has 0 saturated heterocycles. The van der Waals surface area contributed by atoms with Crippen LogP contribution in [0.25, 0.3) is 10.2 Å². The minimum atomic E-state index is 0.0550. The van der Waals surface area contributed by atoms with Gasteiger partial charge in [-0.3, -0.25) is 9.47 Å². The van der Waals surface area contributed by atoms with E-state index in [0.717, 1.165) is 40.9 Å². The molecule has 0 spiro atoms. The first-order valence-electron chi connectivity index (χ1n) is 7.73. The van der Waals surface area contributed by atoms with Crippen LogP contribution in [0.3, 0.4) is 0 Å². The molecule has 0 unspecified atom stereocenters. The van der Waals surface area contributed by atoms with Gasteiger partial charge in [0.25, 0.3) is 5.56 Å². The molecule has 0 N–H and O–H groups in total. The fourth-order valence-corrected chi connectivity index (χ4v) is 4.81. The summed E-state index contributed by atoms with van der Waals surface area (Å²) in [4.78, 5) is 19.9. The molecule has 3 aromatic heterocycles. The third-order valence-electron chi connectivity index (χ3n) is 4.65.